The zero-order valence-corrected chi connectivity index (χ0v) is 10.3. The van der Waals surface area contributed by atoms with Crippen LogP contribution in [0, 0.1) is 0 Å². The van der Waals surface area contributed by atoms with Crippen molar-refractivity contribution in [3.05, 3.63) is 40.8 Å². The Bertz CT molecular complexity index is 582. The summed E-state index contributed by atoms with van der Waals surface area (Å²) >= 11 is 5.96. The van der Waals surface area contributed by atoms with Gasteiger partial charge in [0.15, 0.2) is 0 Å². The first-order chi connectivity index (χ1) is 8.59. The molecule has 0 amide bonds. The fraction of sp³-hybridized carbons (Fsp3) is 0.182. The van der Waals surface area contributed by atoms with Gasteiger partial charge in [0.2, 0.25) is 0 Å². The largest absolute Gasteiger partial charge is 0.478 e. The standard InChI is InChI=1S/C11H11ClN4O2/c1-16-7(2-5-15-16)6-14-10-9(12)8(11(17)18)3-4-13-10/h2-5H,6H2,1H3,(H,13,14)(H,17,18). The lowest BCUT2D eigenvalue weighted by Crippen LogP contribution is -2.08. The van der Waals surface area contributed by atoms with Crippen molar-refractivity contribution in [2.45, 2.75) is 6.54 Å². The Kier molecular flexibility index (Phi) is 3.47. The Labute approximate surface area is 108 Å². The number of nitrogens with zero attached hydrogens (tertiary/aromatic N) is 3. The van der Waals surface area contributed by atoms with Crippen molar-refractivity contribution in [2.75, 3.05) is 5.32 Å². The lowest BCUT2D eigenvalue weighted by atomic mass is 10.2. The number of nitrogens with one attached hydrogen (secondary N) is 1. The summed E-state index contributed by atoms with van der Waals surface area (Å²) in [5, 5.41) is 16.0. The molecule has 2 aromatic rings. The Balaban J connectivity index is 2.17. The maximum Gasteiger partial charge on any atom is 0.337 e. The van der Waals surface area contributed by atoms with E-state index in [1.54, 1.807) is 10.9 Å². The van der Waals surface area contributed by atoms with Crippen LogP contribution in [0.3, 0.4) is 0 Å². The molecular formula is C11H11ClN4O2. The molecule has 2 aromatic heterocycles. The molecule has 0 bridgehead atoms. The van der Waals surface area contributed by atoms with Crippen LogP contribution >= 0.6 is 11.6 Å². The average Bonchev–Trinajstić information content (AvgIpc) is 2.73. The predicted octanol–water partition coefficient (Wildman–Crippen LogP) is 1.78. The number of carbonyl (C=O) groups is 1. The Morgan fingerprint density at radius 3 is 2.89 bits per heavy atom. The van der Waals surface area contributed by atoms with E-state index in [9.17, 15) is 4.79 Å². The van der Waals surface area contributed by atoms with E-state index in [0.717, 1.165) is 5.69 Å². The molecule has 0 saturated heterocycles. The zero-order chi connectivity index (χ0) is 13.1. The number of halogens is 1. The van der Waals surface area contributed by atoms with Crippen molar-refractivity contribution in [2.24, 2.45) is 7.05 Å². The lowest BCUT2D eigenvalue weighted by Gasteiger charge is -2.08. The monoisotopic (exact) mass is 266 g/mol. The fourth-order valence-corrected chi connectivity index (χ4v) is 1.74. The van der Waals surface area contributed by atoms with Crippen LogP contribution in [0.2, 0.25) is 5.02 Å². The molecule has 0 aliphatic heterocycles. The van der Waals surface area contributed by atoms with Crippen LogP contribution in [-0.4, -0.2) is 25.8 Å². The average molecular weight is 267 g/mol. The third-order valence-electron chi connectivity index (χ3n) is 2.48. The topological polar surface area (TPSA) is 80.0 Å². The van der Waals surface area contributed by atoms with Gasteiger partial charge in [-0.2, -0.15) is 5.10 Å². The highest BCUT2D eigenvalue weighted by atomic mass is 35.5. The van der Waals surface area contributed by atoms with Crippen LogP contribution in [0.15, 0.2) is 24.5 Å². The second kappa shape index (κ2) is 5.05. The fourth-order valence-electron chi connectivity index (χ4n) is 1.48. The number of aromatic carboxylic acids is 1. The molecule has 0 fully saturated rings. The number of pyridine rings is 1. The summed E-state index contributed by atoms with van der Waals surface area (Å²) in [5.74, 6) is -0.733. The van der Waals surface area contributed by atoms with Crippen LogP contribution in [0.1, 0.15) is 16.1 Å². The number of hydrogen-bond donors (Lipinski definition) is 2. The number of carboxylic acid groups (broad SMARTS) is 1. The van der Waals surface area contributed by atoms with Gasteiger partial charge in [-0.25, -0.2) is 9.78 Å². The highest BCUT2D eigenvalue weighted by Crippen LogP contribution is 2.23. The van der Waals surface area contributed by atoms with E-state index in [1.807, 2.05) is 13.1 Å². The van der Waals surface area contributed by atoms with Crippen LogP contribution < -0.4 is 5.32 Å². The normalized spacial score (nSPS) is 10.3. The second-order valence-corrected chi connectivity index (χ2v) is 4.00. The summed E-state index contributed by atoms with van der Waals surface area (Å²) in [6.45, 7) is 0.465. The third kappa shape index (κ3) is 2.43. The summed E-state index contributed by atoms with van der Waals surface area (Å²) in [6.07, 6.45) is 3.08. The number of anilines is 1. The molecule has 0 aliphatic carbocycles. The minimum Gasteiger partial charge on any atom is -0.478 e. The molecule has 2 rings (SSSR count). The number of rotatable bonds is 4. The molecule has 7 heteroatoms. The van der Waals surface area contributed by atoms with Crippen molar-refractivity contribution in [1.82, 2.24) is 14.8 Å². The molecule has 0 radical (unpaired) electrons. The molecular weight excluding hydrogens is 256 g/mol. The lowest BCUT2D eigenvalue weighted by molar-refractivity contribution is 0.0697. The van der Waals surface area contributed by atoms with Crippen LogP contribution in [0.5, 0.6) is 0 Å². The van der Waals surface area contributed by atoms with Gasteiger partial charge in [0.05, 0.1) is 22.8 Å². The van der Waals surface area contributed by atoms with Gasteiger partial charge in [-0.1, -0.05) is 11.6 Å². The number of aromatic nitrogens is 3. The van der Waals surface area contributed by atoms with Crippen molar-refractivity contribution in [1.29, 1.82) is 0 Å². The van der Waals surface area contributed by atoms with E-state index < -0.39 is 5.97 Å². The molecule has 6 nitrogen and oxygen atoms in total. The third-order valence-corrected chi connectivity index (χ3v) is 2.86. The summed E-state index contributed by atoms with van der Waals surface area (Å²) < 4.78 is 1.71. The van der Waals surface area contributed by atoms with Crippen LogP contribution in [0.25, 0.3) is 0 Å². The zero-order valence-electron chi connectivity index (χ0n) is 9.59. The molecule has 18 heavy (non-hydrogen) atoms. The number of aryl methyl sites for hydroxylation is 1. The van der Waals surface area contributed by atoms with E-state index in [1.165, 1.54) is 12.3 Å². The highest BCUT2D eigenvalue weighted by Gasteiger charge is 2.13. The molecule has 0 spiro atoms. The van der Waals surface area contributed by atoms with Gasteiger partial charge in [-0.3, -0.25) is 4.68 Å². The van der Waals surface area contributed by atoms with Gasteiger partial charge in [0, 0.05) is 19.4 Å². The molecule has 2 N–H and O–H groups in total. The SMILES string of the molecule is Cn1nccc1CNc1nccc(C(=O)O)c1Cl. The van der Waals surface area contributed by atoms with Crippen LogP contribution in [-0.2, 0) is 13.6 Å². The minimum absolute atomic E-state index is 0.0270. The second-order valence-electron chi connectivity index (χ2n) is 3.63. The van der Waals surface area contributed by atoms with Crippen molar-refractivity contribution in [3.63, 3.8) is 0 Å². The molecule has 0 atom stereocenters. The van der Waals surface area contributed by atoms with Gasteiger partial charge < -0.3 is 10.4 Å². The predicted molar refractivity (Wildman–Crippen MR) is 66.7 cm³/mol. The van der Waals surface area contributed by atoms with Crippen molar-refractivity contribution in [3.8, 4) is 0 Å². The molecule has 0 aliphatic rings. The van der Waals surface area contributed by atoms with Gasteiger partial charge in [-0.15, -0.1) is 0 Å². The number of hydrogen-bond acceptors (Lipinski definition) is 4. The Morgan fingerprint density at radius 1 is 1.50 bits per heavy atom. The van der Waals surface area contributed by atoms with E-state index in [4.69, 9.17) is 16.7 Å². The highest BCUT2D eigenvalue weighted by molar-refractivity contribution is 6.35. The summed E-state index contributed by atoms with van der Waals surface area (Å²) in [6, 6.07) is 3.21. The van der Waals surface area contributed by atoms with E-state index >= 15 is 0 Å². The van der Waals surface area contributed by atoms with Gasteiger partial charge in [-0.05, 0) is 12.1 Å². The van der Waals surface area contributed by atoms with Gasteiger partial charge in [0.25, 0.3) is 0 Å². The number of carboxylic acids is 1. The first-order valence-electron chi connectivity index (χ1n) is 5.18. The summed E-state index contributed by atoms with van der Waals surface area (Å²) in [5.41, 5.74) is 0.966. The smallest absolute Gasteiger partial charge is 0.337 e. The summed E-state index contributed by atoms with van der Waals surface area (Å²) in [7, 11) is 1.82. The van der Waals surface area contributed by atoms with Crippen molar-refractivity contribution >= 4 is 23.4 Å². The molecule has 94 valence electrons. The molecule has 2 heterocycles. The van der Waals surface area contributed by atoms with Gasteiger partial charge >= 0.3 is 5.97 Å². The maximum atomic E-state index is 10.9. The van der Waals surface area contributed by atoms with E-state index in [0.29, 0.717) is 12.4 Å². The van der Waals surface area contributed by atoms with Crippen molar-refractivity contribution < 1.29 is 9.90 Å². The Morgan fingerprint density at radius 2 is 2.28 bits per heavy atom. The van der Waals surface area contributed by atoms with E-state index in [2.05, 4.69) is 15.4 Å². The molecule has 0 unspecified atom stereocenters. The maximum absolute atomic E-state index is 10.9. The summed E-state index contributed by atoms with van der Waals surface area (Å²) in [4.78, 5) is 14.9. The minimum atomic E-state index is -1.08. The van der Waals surface area contributed by atoms with Gasteiger partial charge in [0.1, 0.15) is 5.82 Å². The molecule has 0 aromatic carbocycles. The van der Waals surface area contributed by atoms with Crippen LogP contribution in [0.4, 0.5) is 5.82 Å². The Hall–Kier alpha value is -2.08. The first kappa shape index (κ1) is 12.4. The molecule has 0 saturated carbocycles. The first-order valence-corrected chi connectivity index (χ1v) is 5.56. The quantitative estimate of drug-likeness (QED) is 0.882. The van der Waals surface area contributed by atoms with E-state index in [-0.39, 0.29) is 10.6 Å².